The molecule has 2 heterocycles. The number of hydrogen-bond donors (Lipinski definition) is 7. The average molecular weight is 585 g/mol. The molecular formula is C24H36N6O11. The lowest BCUT2D eigenvalue weighted by atomic mass is 10.1. The Hall–Kier alpha value is -4.28. The number of carboxylic acids is 3. The molecule has 0 aromatic carbocycles. The molecule has 0 unspecified atom stereocenters. The average Bonchev–Trinajstić information content (AvgIpc) is 3.61. The van der Waals surface area contributed by atoms with Crippen LogP contribution in [0.1, 0.15) is 51.4 Å². The predicted octanol–water partition coefficient (Wildman–Crippen LogP) is -3.17. The van der Waals surface area contributed by atoms with Crippen molar-refractivity contribution in [2.24, 2.45) is 5.73 Å². The van der Waals surface area contributed by atoms with Crippen molar-refractivity contribution in [3.05, 3.63) is 0 Å². The lowest BCUT2D eigenvalue weighted by Crippen LogP contribution is -2.56. The molecule has 0 bridgehead atoms. The zero-order valence-electron chi connectivity index (χ0n) is 22.4. The number of nitrogens with zero attached hydrogens (tertiary/aromatic N) is 2. The molecule has 17 heteroatoms. The molecule has 2 aliphatic heterocycles. The molecule has 0 aliphatic carbocycles. The molecule has 2 fully saturated rings. The molecule has 8 N–H and O–H groups in total. The summed E-state index contributed by atoms with van der Waals surface area (Å²) in [5.41, 5.74) is 5.28. The van der Waals surface area contributed by atoms with Crippen LogP contribution in [-0.2, 0) is 38.4 Å². The van der Waals surface area contributed by atoms with Gasteiger partial charge in [0.25, 0.3) is 0 Å². The Morgan fingerprint density at radius 3 is 1.66 bits per heavy atom. The molecule has 5 amide bonds. The van der Waals surface area contributed by atoms with Gasteiger partial charge in [-0.25, -0.2) is 4.79 Å². The number of nitrogens with two attached hydrogens (primary N) is 1. The number of nitrogens with one attached hydrogen (secondary N) is 3. The zero-order chi connectivity index (χ0) is 30.7. The van der Waals surface area contributed by atoms with E-state index < -0.39 is 97.5 Å². The Balaban J connectivity index is 2.03. The first-order valence-electron chi connectivity index (χ1n) is 13.2. The Morgan fingerprint density at radius 2 is 1.20 bits per heavy atom. The minimum Gasteiger partial charge on any atom is -0.481 e. The number of carbonyl (C=O) groups excluding carboxylic acids is 5. The van der Waals surface area contributed by atoms with Gasteiger partial charge in [-0.2, -0.15) is 0 Å². The van der Waals surface area contributed by atoms with Gasteiger partial charge in [0.2, 0.25) is 29.5 Å². The molecular weight excluding hydrogens is 548 g/mol. The van der Waals surface area contributed by atoms with E-state index in [4.69, 9.17) is 15.9 Å². The van der Waals surface area contributed by atoms with Crippen molar-refractivity contribution in [3.8, 4) is 0 Å². The topological polar surface area (TPSA) is 266 Å². The van der Waals surface area contributed by atoms with Gasteiger partial charge >= 0.3 is 17.9 Å². The largest absolute Gasteiger partial charge is 0.481 e. The molecule has 0 saturated carbocycles. The van der Waals surface area contributed by atoms with E-state index in [1.807, 2.05) is 0 Å². The first kappa shape index (κ1) is 32.9. The van der Waals surface area contributed by atoms with Crippen LogP contribution in [0.15, 0.2) is 0 Å². The second-order valence-electron chi connectivity index (χ2n) is 9.74. The van der Waals surface area contributed by atoms with E-state index >= 15 is 0 Å². The molecule has 41 heavy (non-hydrogen) atoms. The minimum absolute atomic E-state index is 0.136. The van der Waals surface area contributed by atoms with Crippen LogP contribution in [-0.4, -0.2) is 123 Å². The third-order valence-electron chi connectivity index (χ3n) is 6.83. The normalized spacial score (nSPS) is 19.6. The van der Waals surface area contributed by atoms with Crippen molar-refractivity contribution in [2.45, 2.75) is 75.5 Å². The van der Waals surface area contributed by atoms with Crippen LogP contribution in [0.5, 0.6) is 0 Å². The Labute approximate surface area is 234 Å². The van der Waals surface area contributed by atoms with Crippen LogP contribution in [0.4, 0.5) is 0 Å². The van der Waals surface area contributed by atoms with Crippen LogP contribution < -0.4 is 21.7 Å². The zero-order valence-corrected chi connectivity index (χ0v) is 22.4. The van der Waals surface area contributed by atoms with E-state index in [1.165, 1.54) is 4.90 Å². The fraction of sp³-hybridized carbons (Fsp3) is 0.667. The molecule has 0 aromatic rings. The molecule has 2 saturated heterocycles. The number of rotatable bonds is 15. The van der Waals surface area contributed by atoms with E-state index in [0.29, 0.717) is 12.8 Å². The maximum atomic E-state index is 13.1. The number of carboxylic acid groups (broad SMARTS) is 3. The molecule has 0 spiro atoms. The van der Waals surface area contributed by atoms with E-state index in [1.54, 1.807) is 0 Å². The van der Waals surface area contributed by atoms with Crippen molar-refractivity contribution in [1.82, 2.24) is 25.8 Å². The highest BCUT2D eigenvalue weighted by atomic mass is 16.4. The minimum atomic E-state index is -1.33. The summed E-state index contributed by atoms with van der Waals surface area (Å²) in [4.78, 5) is 99.2. The SMILES string of the molecule is NCC(=O)N[C@@H](CCC(=O)O)C(=O)N1CCC[C@H]1C(=O)NCC(=O)N[C@@H](CCC(=O)O)C(=O)N1CCC[C@H]1C(=O)O. The van der Waals surface area contributed by atoms with Gasteiger partial charge < -0.3 is 46.8 Å². The smallest absolute Gasteiger partial charge is 0.326 e. The summed E-state index contributed by atoms with van der Waals surface area (Å²) in [6.45, 7) is -0.766. The van der Waals surface area contributed by atoms with Gasteiger partial charge in [-0.1, -0.05) is 0 Å². The molecule has 0 radical (unpaired) electrons. The molecule has 0 aromatic heterocycles. The van der Waals surface area contributed by atoms with Crippen molar-refractivity contribution in [2.75, 3.05) is 26.2 Å². The van der Waals surface area contributed by atoms with E-state index in [-0.39, 0.29) is 38.8 Å². The summed E-state index contributed by atoms with van der Waals surface area (Å²) in [5.74, 6) is -7.25. The fourth-order valence-electron chi connectivity index (χ4n) is 4.82. The van der Waals surface area contributed by atoms with Crippen molar-refractivity contribution in [3.63, 3.8) is 0 Å². The van der Waals surface area contributed by atoms with Crippen molar-refractivity contribution in [1.29, 1.82) is 0 Å². The summed E-state index contributed by atoms with van der Waals surface area (Å²) in [6.07, 6.45) is -0.0925. The highest BCUT2D eigenvalue weighted by molar-refractivity contribution is 5.95. The van der Waals surface area contributed by atoms with Crippen LogP contribution in [0, 0.1) is 0 Å². The summed E-state index contributed by atoms with van der Waals surface area (Å²) in [5, 5.41) is 34.5. The van der Waals surface area contributed by atoms with Crippen LogP contribution in [0.25, 0.3) is 0 Å². The maximum Gasteiger partial charge on any atom is 0.326 e. The number of aliphatic carboxylic acids is 3. The van der Waals surface area contributed by atoms with Gasteiger partial charge in [0.15, 0.2) is 0 Å². The summed E-state index contributed by atoms with van der Waals surface area (Å²) in [6, 6.07) is -4.66. The molecule has 2 rings (SSSR count). The summed E-state index contributed by atoms with van der Waals surface area (Å²) < 4.78 is 0. The molecule has 228 valence electrons. The molecule has 4 atom stereocenters. The first-order chi connectivity index (χ1) is 19.3. The number of likely N-dealkylation sites (tertiary alicyclic amines) is 2. The lowest BCUT2D eigenvalue weighted by molar-refractivity contribution is -0.149. The molecule has 17 nitrogen and oxygen atoms in total. The van der Waals surface area contributed by atoms with Crippen LogP contribution in [0.2, 0.25) is 0 Å². The Morgan fingerprint density at radius 1 is 0.732 bits per heavy atom. The third kappa shape index (κ3) is 9.70. The third-order valence-corrected chi connectivity index (χ3v) is 6.83. The highest BCUT2D eigenvalue weighted by Gasteiger charge is 2.39. The van der Waals surface area contributed by atoms with E-state index in [2.05, 4.69) is 16.0 Å². The number of carbonyl (C=O) groups is 8. The highest BCUT2D eigenvalue weighted by Crippen LogP contribution is 2.21. The van der Waals surface area contributed by atoms with Gasteiger partial charge in [-0.15, -0.1) is 0 Å². The van der Waals surface area contributed by atoms with Crippen LogP contribution >= 0.6 is 0 Å². The number of amides is 5. The quantitative estimate of drug-likeness (QED) is 0.100. The standard InChI is InChI=1S/C24H36N6O11/c25-11-17(31)27-13(5-7-19(33)34)22(38)29-9-1-3-15(29)21(37)26-12-18(32)28-14(6-8-20(35)36)23(39)30-10-2-4-16(30)24(40)41/h13-16H,1-12,25H2,(H,26,37)(H,27,31)(H,28,32)(H,33,34)(H,35,36)(H,40,41)/t13-,14-,15-,16-/m0/s1. The van der Waals surface area contributed by atoms with E-state index in [9.17, 15) is 43.5 Å². The van der Waals surface area contributed by atoms with Crippen LogP contribution in [0.3, 0.4) is 0 Å². The second kappa shape index (κ2) is 15.5. The number of hydrogen-bond acceptors (Lipinski definition) is 9. The van der Waals surface area contributed by atoms with Crippen molar-refractivity contribution < 1.29 is 53.7 Å². The predicted molar refractivity (Wildman–Crippen MR) is 137 cm³/mol. The maximum absolute atomic E-state index is 13.1. The monoisotopic (exact) mass is 584 g/mol. The van der Waals surface area contributed by atoms with Gasteiger partial charge in [-0.3, -0.25) is 33.6 Å². The second-order valence-corrected chi connectivity index (χ2v) is 9.74. The fourth-order valence-corrected chi connectivity index (χ4v) is 4.82. The van der Waals surface area contributed by atoms with Gasteiger partial charge in [0, 0.05) is 25.9 Å². The molecule has 2 aliphatic rings. The summed E-state index contributed by atoms with van der Waals surface area (Å²) >= 11 is 0. The van der Waals surface area contributed by atoms with Gasteiger partial charge in [0.1, 0.15) is 24.2 Å². The van der Waals surface area contributed by atoms with Gasteiger partial charge in [0.05, 0.1) is 13.1 Å². The van der Waals surface area contributed by atoms with Gasteiger partial charge in [-0.05, 0) is 38.5 Å². The Kier molecular flexibility index (Phi) is 12.4. The van der Waals surface area contributed by atoms with Crippen molar-refractivity contribution >= 4 is 47.4 Å². The van der Waals surface area contributed by atoms with E-state index in [0.717, 1.165) is 4.90 Å². The summed E-state index contributed by atoms with van der Waals surface area (Å²) in [7, 11) is 0. The lowest BCUT2D eigenvalue weighted by Gasteiger charge is -2.29. The Bertz CT molecular complexity index is 1050. The first-order valence-corrected chi connectivity index (χ1v) is 13.2.